The van der Waals surface area contributed by atoms with Crippen LogP contribution in [0.25, 0.3) is 0 Å². The van der Waals surface area contributed by atoms with Gasteiger partial charge < -0.3 is 0 Å². The molecule has 0 aromatic carbocycles. The van der Waals surface area contributed by atoms with Gasteiger partial charge in [-0.2, -0.15) is 0 Å². The molecule has 0 unspecified atom stereocenters. The van der Waals surface area contributed by atoms with Crippen molar-refractivity contribution in [2.75, 3.05) is 0 Å². The standard InChI is InChI=1S/C7H12.C2H4/c1-3-5-7-6-4-2;1-2/h3,5-7H,4H2,1-2H3;1-2H2/b5-3+,7-6+;. The van der Waals surface area contributed by atoms with Crippen molar-refractivity contribution in [2.24, 2.45) is 0 Å². The zero-order valence-electron chi connectivity index (χ0n) is 6.43. The summed E-state index contributed by atoms with van der Waals surface area (Å²) in [6, 6.07) is 0. The lowest BCUT2D eigenvalue weighted by atomic mass is 10.4. The minimum absolute atomic E-state index is 1.13. The van der Waals surface area contributed by atoms with Crippen LogP contribution in [0.2, 0.25) is 0 Å². The van der Waals surface area contributed by atoms with E-state index in [4.69, 9.17) is 0 Å². The van der Waals surface area contributed by atoms with Crippen LogP contribution in [0.5, 0.6) is 0 Å². The van der Waals surface area contributed by atoms with Gasteiger partial charge in [0.15, 0.2) is 0 Å². The molecular formula is C9H16. The van der Waals surface area contributed by atoms with Gasteiger partial charge in [0.2, 0.25) is 0 Å². The smallest absolute Gasteiger partial charge is 0.0376 e. The van der Waals surface area contributed by atoms with E-state index in [0.717, 1.165) is 6.42 Å². The molecule has 9 heavy (non-hydrogen) atoms. The molecule has 0 atom stereocenters. The zero-order valence-corrected chi connectivity index (χ0v) is 6.43. The second kappa shape index (κ2) is 15.7. The van der Waals surface area contributed by atoms with E-state index in [0.29, 0.717) is 0 Å². The molecular weight excluding hydrogens is 108 g/mol. The fourth-order valence-electron chi connectivity index (χ4n) is 0.326. The van der Waals surface area contributed by atoms with Gasteiger partial charge in [-0.1, -0.05) is 31.2 Å². The third-order valence-electron chi connectivity index (χ3n) is 0.675. The molecule has 0 rings (SSSR count). The molecule has 0 nitrogen and oxygen atoms in total. The molecule has 0 aliphatic carbocycles. The molecule has 52 valence electrons. The highest BCUT2D eigenvalue weighted by Crippen LogP contribution is 1.79. The Balaban J connectivity index is 0. The minimum atomic E-state index is 1.13. The van der Waals surface area contributed by atoms with Crippen LogP contribution in [0.3, 0.4) is 0 Å². The van der Waals surface area contributed by atoms with Crippen molar-refractivity contribution in [3.05, 3.63) is 37.5 Å². The van der Waals surface area contributed by atoms with E-state index < -0.39 is 0 Å². The number of allylic oxidation sites excluding steroid dienone is 4. The van der Waals surface area contributed by atoms with E-state index >= 15 is 0 Å². The quantitative estimate of drug-likeness (QED) is 0.391. The summed E-state index contributed by atoms with van der Waals surface area (Å²) in [5, 5.41) is 0. The highest BCUT2D eigenvalue weighted by molar-refractivity contribution is 5.00. The van der Waals surface area contributed by atoms with Gasteiger partial charge >= 0.3 is 0 Å². The number of hydrogen-bond donors (Lipinski definition) is 0. The maximum absolute atomic E-state index is 3.00. The van der Waals surface area contributed by atoms with Crippen LogP contribution in [0, 0.1) is 0 Å². The molecule has 0 saturated carbocycles. The zero-order chi connectivity index (χ0) is 7.54. The second-order valence-corrected chi connectivity index (χ2v) is 1.36. The molecule has 0 radical (unpaired) electrons. The van der Waals surface area contributed by atoms with Crippen LogP contribution in [0.15, 0.2) is 37.5 Å². The molecule has 0 bridgehead atoms. The van der Waals surface area contributed by atoms with Crippen LogP contribution < -0.4 is 0 Å². The average Bonchev–Trinajstić information content (AvgIpc) is 1.94. The second-order valence-electron chi connectivity index (χ2n) is 1.36. The minimum Gasteiger partial charge on any atom is -0.106 e. The van der Waals surface area contributed by atoms with Gasteiger partial charge in [0.05, 0.1) is 0 Å². The Bertz CT molecular complexity index is 78.0. The van der Waals surface area contributed by atoms with Crippen molar-refractivity contribution in [2.45, 2.75) is 20.3 Å². The normalized spacial score (nSPS) is 9.56. The lowest BCUT2D eigenvalue weighted by Gasteiger charge is -1.70. The third-order valence-corrected chi connectivity index (χ3v) is 0.675. The average molecular weight is 124 g/mol. The van der Waals surface area contributed by atoms with Crippen molar-refractivity contribution in [3.63, 3.8) is 0 Å². The topological polar surface area (TPSA) is 0 Å². The van der Waals surface area contributed by atoms with Gasteiger partial charge in [0, 0.05) is 0 Å². The third kappa shape index (κ3) is 19.0. The molecule has 0 spiro atoms. The highest BCUT2D eigenvalue weighted by atomic mass is 13.6. The Kier molecular flexibility index (Phi) is 19.3. The van der Waals surface area contributed by atoms with E-state index in [1.54, 1.807) is 0 Å². The Morgan fingerprint density at radius 3 is 2.11 bits per heavy atom. The van der Waals surface area contributed by atoms with Gasteiger partial charge in [0.25, 0.3) is 0 Å². The first kappa shape index (κ1) is 11.1. The molecule has 0 aliphatic heterocycles. The Morgan fingerprint density at radius 1 is 1.22 bits per heavy atom. The lowest BCUT2D eigenvalue weighted by molar-refractivity contribution is 1.22. The van der Waals surface area contributed by atoms with Crippen LogP contribution in [-0.4, -0.2) is 0 Å². The van der Waals surface area contributed by atoms with Gasteiger partial charge in [0.1, 0.15) is 0 Å². The summed E-state index contributed by atoms with van der Waals surface area (Å²) in [5.41, 5.74) is 0. The highest BCUT2D eigenvalue weighted by Gasteiger charge is 1.57. The first-order valence-electron chi connectivity index (χ1n) is 3.19. The Labute approximate surface area is 58.6 Å². The molecule has 0 aromatic heterocycles. The van der Waals surface area contributed by atoms with Crippen LogP contribution in [-0.2, 0) is 0 Å². The molecule has 0 heterocycles. The summed E-state index contributed by atoms with van der Waals surface area (Å²) in [5.74, 6) is 0. The first-order valence-corrected chi connectivity index (χ1v) is 3.19. The van der Waals surface area contributed by atoms with Gasteiger partial charge in [-0.3, -0.25) is 0 Å². The van der Waals surface area contributed by atoms with E-state index in [1.165, 1.54) is 0 Å². The maximum atomic E-state index is 3.00. The largest absolute Gasteiger partial charge is 0.106 e. The van der Waals surface area contributed by atoms with Crippen LogP contribution in [0.1, 0.15) is 20.3 Å². The van der Waals surface area contributed by atoms with Crippen molar-refractivity contribution in [1.29, 1.82) is 0 Å². The summed E-state index contributed by atoms with van der Waals surface area (Å²) in [7, 11) is 0. The molecule has 0 heteroatoms. The maximum Gasteiger partial charge on any atom is -0.0376 e. The predicted molar refractivity (Wildman–Crippen MR) is 45.5 cm³/mol. The molecule has 0 fully saturated rings. The summed E-state index contributed by atoms with van der Waals surface area (Å²) in [6.07, 6.45) is 9.36. The molecule has 0 aliphatic rings. The van der Waals surface area contributed by atoms with Gasteiger partial charge in [-0.25, -0.2) is 0 Å². The molecule has 0 N–H and O–H groups in total. The predicted octanol–water partition coefficient (Wildman–Crippen LogP) is 3.33. The Hall–Kier alpha value is -0.780. The van der Waals surface area contributed by atoms with Crippen molar-refractivity contribution in [1.82, 2.24) is 0 Å². The SMILES string of the molecule is C/C=C/C=C/CC.C=C. The summed E-state index contributed by atoms with van der Waals surface area (Å²) in [4.78, 5) is 0. The van der Waals surface area contributed by atoms with E-state index in [-0.39, 0.29) is 0 Å². The molecule has 0 aromatic rings. The number of rotatable bonds is 2. The fourth-order valence-corrected chi connectivity index (χ4v) is 0.326. The monoisotopic (exact) mass is 124 g/mol. The van der Waals surface area contributed by atoms with Crippen LogP contribution >= 0.6 is 0 Å². The van der Waals surface area contributed by atoms with Gasteiger partial charge in [-0.05, 0) is 13.3 Å². The van der Waals surface area contributed by atoms with E-state index in [2.05, 4.69) is 32.2 Å². The first-order chi connectivity index (χ1) is 4.41. The lowest BCUT2D eigenvalue weighted by Crippen LogP contribution is -1.48. The fraction of sp³-hybridized carbons (Fsp3) is 0.333. The van der Waals surface area contributed by atoms with Gasteiger partial charge in [-0.15, -0.1) is 13.2 Å². The summed E-state index contributed by atoms with van der Waals surface area (Å²) in [6.45, 7) is 10.1. The van der Waals surface area contributed by atoms with Crippen LogP contribution in [0.4, 0.5) is 0 Å². The Morgan fingerprint density at radius 2 is 1.78 bits per heavy atom. The van der Waals surface area contributed by atoms with E-state index in [9.17, 15) is 0 Å². The molecule has 0 saturated heterocycles. The van der Waals surface area contributed by atoms with Crippen molar-refractivity contribution in [3.8, 4) is 0 Å². The van der Waals surface area contributed by atoms with Crippen molar-refractivity contribution < 1.29 is 0 Å². The van der Waals surface area contributed by atoms with E-state index in [1.807, 2.05) is 19.1 Å². The number of hydrogen-bond acceptors (Lipinski definition) is 0. The summed E-state index contributed by atoms with van der Waals surface area (Å²) >= 11 is 0. The summed E-state index contributed by atoms with van der Waals surface area (Å²) < 4.78 is 0. The molecule has 0 amide bonds. The van der Waals surface area contributed by atoms with Crippen molar-refractivity contribution >= 4 is 0 Å².